The fraction of sp³-hybridized carbons (Fsp3) is 0.375. The maximum absolute atomic E-state index is 13.4. The lowest BCUT2D eigenvalue weighted by Crippen LogP contribution is -2.39. The fourth-order valence-corrected chi connectivity index (χ4v) is 6.03. The Hall–Kier alpha value is -3.04. The lowest BCUT2D eigenvalue weighted by molar-refractivity contribution is -0.118. The molecule has 2 amide bonds. The first-order chi connectivity index (χ1) is 16.3. The molecule has 2 fully saturated rings. The molecule has 2 aromatic heterocycles. The predicted molar refractivity (Wildman–Crippen MR) is 127 cm³/mol. The number of amides is 2. The number of benzene rings is 1. The van der Waals surface area contributed by atoms with Crippen LogP contribution in [-0.2, 0) is 16.8 Å². The summed E-state index contributed by atoms with van der Waals surface area (Å²) in [6.45, 7) is 3.64. The normalized spacial score (nSPS) is 20.9. The number of fused-ring (bicyclic) bond motifs is 3. The highest BCUT2D eigenvalue weighted by molar-refractivity contribution is 7.09. The van der Waals surface area contributed by atoms with E-state index >= 15 is 0 Å². The summed E-state index contributed by atoms with van der Waals surface area (Å²) >= 11 is 7.59. The summed E-state index contributed by atoms with van der Waals surface area (Å²) in [7, 11) is 0. The van der Waals surface area contributed by atoms with Crippen molar-refractivity contribution >= 4 is 46.2 Å². The number of Topliss-reactive ketones (excluding diaryl/α,β-unsaturated/α-hetero) is 1. The Bertz CT molecular complexity index is 1380. The van der Waals surface area contributed by atoms with Gasteiger partial charge in [-0.15, -0.1) is 21.5 Å². The van der Waals surface area contributed by atoms with Crippen LogP contribution in [0.5, 0.6) is 0 Å². The summed E-state index contributed by atoms with van der Waals surface area (Å²) in [6, 6.07) is 5.55. The summed E-state index contributed by atoms with van der Waals surface area (Å²) in [6.07, 6.45) is 3.14. The summed E-state index contributed by atoms with van der Waals surface area (Å²) < 4.78 is 1.98. The molecule has 2 N–H and O–H groups in total. The van der Waals surface area contributed by atoms with Crippen LogP contribution in [0.15, 0.2) is 23.7 Å². The van der Waals surface area contributed by atoms with Crippen LogP contribution in [0.1, 0.15) is 68.0 Å². The van der Waals surface area contributed by atoms with Crippen LogP contribution in [0.4, 0.5) is 5.69 Å². The summed E-state index contributed by atoms with van der Waals surface area (Å²) in [5, 5.41) is 15.0. The van der Waals surface area contributed by atoms with E-state index in [1.54, 1.807) is 24.6 Å². The highest BCUT2D eigenvalue weighted by Gasteiger charge is 2.52. The van der Waals surface area contributed by atoms with E-state index in [1.807, 2.05) is 17.6 Å². The first-order valence-corrected chi connectivity index (χ1v) is 12.5. The van der Waals surface area contributed by atoms with Gasteiger partial charge in [0.05, 0.1) is 11.1 Å². The zero-order chi connectivity index (χ0) is 23.8. The Morgan fingerprint density at radius 1 is 1.24 bits per heavy atom. The van der Waals surface area contributed by atoms with Crippen molar-refractivity contribution in [1.82, 2.24) is 20.1 Å². The zero-order valence-electron chi connectivity index (χ0n) is 18.6. The average molecular weight is 496 g/mol. The molecule has 0 unspecified atom stereocenters. The van der Waals surface area contributed by atoms with Crippen molar-refractivity contribution in [2.75, 3.05) is 5.32 Å². The highest BCUT2D eigenvalue weighted by atomic mass is 35.5. The second kappa shape index (κ2) is 7.48. The Balaban J connectivity index is 1.31. The smallest absolute Gasteiger partial charge is 0.293 e. The van der Waals surface area contributed by atoms with Gasteiger partial charge in [0.2, 0.25) is 0 Å². The number of nitrogens with one attached hydrogen (secondary N) is 2. The van der Waals surface area contributed by atoms with Gasteiger partial charge in [-0.05, 0) is 68.7 Å². The highest BCUT2D eigenvalue weighted by Crippen LogP contribution is 2.54. The molecule has 6 rings (SSSR count). The van der Waals surface area contributed by atoms with Crippen LogP contribution in [0.2, 0.25) is 5.02 Å². The number of carbonyl (C=O) groups excluding carboxylic acids is 3. The number of anilines is 1. The molecule has 0 spiro atoms. The first kappa shape index (κ1) is 21.5. The van der Waals surface area contributed by atoms with Crippen LogP contribution in [0.3, 0.4) is 0 Å². The van der Waals surface area contributed by atoms with Crippen molar-refractivity contribution in [2.24, 2.45) is 5.92 Å². The number of hydrogen-bond donors (Lipinski definition) is 2. The minimum absolute atomic E-state index is 0.205. The molecule has 3 aromatic rings. The van der Waals surface area contributed by atoms with Gasteiger partial charge >= 0.3 is 0 Å². The molecule has 3 aliphatic rings. The Labute approximate surface area is 204 Å². The maximum atomic E-state index is 13.4. The first-order valence-electron chi connectivity index (χ1n) is 11.2. The SMILES string of the molecule is Cc1ccc(NC(=O)c2c(C)c(C(=O)C(=O)NC3(c4nncs4)CC3)c3n2[C@@H]2C[C@@H]2C3)cc1Cl. The quantitative estimate of drug-likeness (QED) is 0.397. The topological polar surface area (TPSA) is 106 Å². The van der Waals surface area contributed by atoms with Crippen molar-refractivity contribution in [2.45, 2.75) is 51.1 Å². The second-order valence-corrected chi connectivity index (χ2v) is 10.7. The van der Waals surface area contributed by atoms with E-state index in [0.717, 1.165) is 30.5 Å². The van der Waals surface area contributed by atoms with E-state index in [9.17, 15) is 14.4 Å². The molecular formula is C24H22ClN5O3S. The van der Waals surface area contributed by atoms with Crippen molar-refractivity contribution < 1.29 is 14.4 Å². The van der Waals surface area contributed by atoms with Crippen molar-refractivity contribution in [3.05, 3.63) is 61.8 Å². The molecule has 1 aliphatic heterocycles. The molecule has 2 aliphatic carbocycles. The van der Waals surface area contributed by atoms with Crippen LogP contribution >= 0.6 is 22.9 Å². The van der Waals surface area contributed by atoms with E-state index in [4.69, 9.17) is 11.6 Å². The summed E-state index contributed by atoms with van der Waals surface area (Å²) in [5.41, 5.74) is 4.64. The molecule has 34 heavy (non-hydrogen) atoms. The lowest BCUT2D eigenvalue weighted by Gasteiger charge is -2.14. The van der Waals surface area contributed by atoms with Crippen molar-refractivity contribution in [3.63, 3.8) is 0 Å². The molecule has 1 aromatic carbocycles. The minimum Gasteiger partial charge on any atom is -0.337 e. The van der Waals surface area contributed by atoms with Gasteiger partial charge in [0.15, 0.2) is 0 Å². The van der Waals surface area contributed by atoms with Gasteiger partial charge < -0.3 is 15.2 Å². The molecule has 8 nitrogen and oxygen atoms in total. The van der Waals surface area contributed by atoms with E-state index < -0.39 is 17.2 Å². The molecule has 3 heterocycles. The van der Waals surface area contributed by atoms with E-state index in [-0.39, 0.29) is 11.9 Å². The molecule has 0 radical (unpaired) electrons. The molecule has 2 saturated carbocycles. The molecule has 10 heteroatoms. The van der Waals surface area contributed by atoms with Gasteiger partial charge in [-0.25, -0.2) is 0 Å². The summed E-state index contributed by atoms with van der Waals surface area (Å²) in [4.78, 5) is 39.8. The van der Waals surface area contributed by atoms with Gasteiger partial charge in [0, 0.05) is 22.4 Å². The summed E-state index contributed by atoms with van der Waals surface area (Å²) in [5.74, 6) is -1.15. The monoisotopic (exact) mass is 495 g/mol. The van der Waals surface area contributed by atoms with Gasteiger partial charge in [0.25, 0.3) is 17.6 Å². The second-order valence-electron chi connectivity index (χ2n) is 9.46. The number of halogens is 1. The van der Waals surface area contributed by atoms with Crippen molar-refractivity contribution in [3.8, 4) is 0 Å². The van der Waals surface area contributed by atoms with Gasteiger partial charge in [-0.2, -0.15) is 0 Å². The van der Waals surface area contributed by atoms with Crippen LogP contribution in [0.25, 0.3) is 0 Å². The molecule has 2 atom stereocenters. The van der Waals surface area contributed by atoms with Gasteiger partial charge in [-0.1, -0.05) is 17.7 Å². The lowest BCUT2D eigenvalue weighted by atomic mass is 10.0. The standard InChI is InChI=1S/C24H22ClN5O3S/c1-11-3-4-14(9-15(11)25)27-21(32)19-12(2)18(17-8-13-7-16(13)30(17)19)20(31)22(33)28-24(5-6-24)23-29-26-10-34-23/h3-4,9-10,13,16H,5-8H2,1-2H3,(H,27,32)(H,28,33)/t13-,16-/m1/s1. The van der Waals surface area contributed by atoms with E-state index in [1.165, 1.54) is 11.3 Å². The maximum Gasteiger partial charge on any atom is 0.293 e. The third-order valence-electron chi connectivity index (χ3n) is 7.17. The number of rotatable bonds is 6. The van der Waals surface area contributed by atoms with Crippen molar-refractivity contribution in [1.29, 1.82) is 0 Å². The number of hydrogen-bond acceptors (Lipinski definition) is 6. The Morgan fingerprint density at radius 2 is 2.03 bits per heavy atom. The number of carbonyl (C=O) groups is 3. The molecule has 0 saturated heterocycles. The molecular weight excluding hydrogens is 474 g/mol. The van der Waals surface area contributed by atoms with Gasteiger partial charge in [0.1, 0.15) is 16.2 Å². The zero-order valence-corrected chi connectivity index (χ0v) is 20.2. The van der Waals surface area contributed by atoms with E-state index in [0.29, 0.717) is 44.9 Å². The molecule has 174 valence electrons. The number of nitrogens with zero attached hydrogens (tertiary/aromatic N) is 3. The third kappa shape index (κ3) is 3.29. The van der Waals surface area contributed by atoms with Crippen LogP contribution in [-0.4, -0.2) is 32.4 Å². The number of aromatic nitrogens is 3. The van der Waals surface area contributed by atoms with Crippen LogP contribution in [0, 0.1) is 19.8 Å². The number of aryl methyl sites for hydroxylation is 1. The predicted octanol–water partition coefficient (Wildman–Crippen LogP) is 3.97. The average Bonchev–Trinajstić information content (AvgIpc) is 3.59. The Kier molecular flexibility index (Phi) is 4.73. The van der Waals surface area contributed by atoms with Crippen LogP contribution < -0.4 is 10.6 Å². The Morgan fingerprint density at radius 3 is 2.71 bits per heavy atom. The third-order valence-corrected chi connectivity index (χ3v) is 8.48. The van der Waals surface area contributed by atoms with Gasteiger partial charge in [-0.3, -0.25) is 14.4 Å². The molecule has 0 bridgehead atoms. The largest absolute Gasteiger partial charge is 0.337 e. The fourth-order valence-electron chi connectivity index (χ4n) is 5.08. The number of ketones is 1. The minimum atomic E-state index is -0.665. The van der Waals surface area contributed by atoms with E-state index in [2.05, 4.69) is 20.8 Å².